The van der Waals surface area contributed by atoms with Crippen molar-refractivity contribution >= 4 is 33.6 Å². The van der Waals surface area contributed by atoms with Crippen molar-refractivity contribution in [1.82, 2.24) is 4.72 Å². The molecule has 0 fully saturated rings. The van der Waals surface area contributed by atoms with Crippen molar-refractivity contribution in [2.45, 2.75) is 5.75 Å². The molecule has 2 aromatic carbocycles. The van der Waals surface area contributed by atoms with Crippen molar-refractivity contribution in [3.8, 4) is 6.07 Å². The summed E-state index contributed by atoms with van der Waals surface area (Å²) in [4.78, 5) is 11.8. The highest BCUT2D eigenvalue weighted by molar-refractivity contribution is 7.89. The van der Waals surface area contributed by atoms with Crippen LogP contribution in [0.15, 0.2) is 54.6 Å². The Balaban J connectivity index is 2.00. The summed E-state index contributed by atoms with van der Waals surface area (Å²) in [5.74, 6) is -1.10. The maximum Gasteiger partial charge on any atom is 0.257 e. The normalized spacial score (nSPS) is 11.2. The molecule has 0 bridgehead atoms. The Labute approximate surface area is 145 Å². The highest BCUT2D eigenvalue weighted by atomic mass is 35.5. The number of carbonyl (C=O) groups is 1. The van der Waals surface area contributed by atoms with Crippen molar-refractivity contribution < 1.29 is 13.2 Å². The molecule has 5 nitrogen and oxygen atoms in total. The van der Waals surface area contributed by atoms with Gasteiger partial charge in [-0.1, -0.05) is 35.9 Å². The topological polar surface area (TPSA) is 87.0 Å². The molecule has 0 atom stereocenters. The molecule has 0 aromatic heterocycles. The predicted octanol–water partition coefficient (Wildman–Crippen LogP) is 2.87. The second-order valence-electron chi connectivity index (χ2n) is 4.92. The van der Waals surface area contributed by atoms with Crippen LogP contribution in [0.1, 0.15) is 16.7 Å². The number of hydrogen-bond acceptors (Lipinski definition) is 4. The minimum Gasteiger partial charge on any atom is -0.269 e. The van der Waals surface area contributed by atoms with Crippen LogP contribution in [-0.2, 0) is 20.6 Å². The van der Waals surface area contributed by atoms with E-state index < -0.39 is 15.9 Å². The Morgan fingerprint density at radius 2 is 1.92 bits per heavy atom. The zero-order valence-electron chi connectivity index (χ0n) is 12.4. The molecule has 0 aliphatic carbocycles. The van der Waals surface area contributed by atoms with Gasteiger partial charge in [0.25, 0.3) is 5.91 Å². The van der Waals surface area contributed by atoms with Crippen LogP contribution in [0.2, 0.25) is 5.02 Å². The van der Waals surface area contributed by atoms with E-state index in [1.54, 1.807) is 24.3 Å². The molecule has 0 unspecified atom stereocenters. The molecular formula is C17H13ClN2O3S. The molecule has 0 aliphatic rings. The molecule has 0 saturated heterocycles. The number of halogens is 1. The molecule has 0 heterocycles. The zero-order valence-corrected chi connectivity index (χ0v) is 14.0. The number of carbonyl (C=O) groups excluding carboxylic acids is 1. The lowest BCUT2D eigenvalue weighted by Gasteiger charge is -2.05. The fraction of sp³-hybridized carbons (Fsp3) is 0.0588. The average molecular weight is 361 g/mol. The van der Waals surface area contributed by atoms with Crippen LogP contribution in [0.5, 0.6) is 0 Å². The Morgan fingerprint density at radius 1 is 1.21 bits per heavy atom. The van der Waals surface area contributed by atoms with Crippen LogP contribution in [-0.4, -0.2) is 14.3 Å². The first-order chi connectivity index (χ1) is 11.4. The van der Waals surface area contributed by atoms with Gasteiger partial charge >= 0.3 is 0 Å². The summed E-state index contributed by atoms with van der Waals surface area (Å²) in [7, 11) is -3.83. The van der Waals surface area contributed by atoms with Gasteiger partial charge < -0.3 is 0 Å². The number of amides is 1. The molecule has 0 radical (unpaired) electrons. The first-order valence-electron chi connectivity index (χ1n) is 6.85. The van der Waals surface area contributed by atoms with E-state index >= 15 is 0 Å². The van der Waals surface area contributed by atoms with Crippen molar-refractivity contribution in [2.75, 3.05) is 0 Å². The van der Waals surface area contributed by atoms with Gasteiger partial charge in [-0.15, -0.1) is 0 Å². The maximum atomic E-state index is 12.0. The smallest absolute Gasteiger partial charge is 0.257 e. The summed E-state index contributed by atoms with van der Waals surface area (Å²) >= 11 is 5.83. The first kappa shape index (κ1) is 17.7. The van der Waals surface area contributed by atoms with Crippen LogP contribution in [0.4, 0.5) is 0 Å². The van der Waals surface area contributed by atoms with Gasteiger partial charge in [-0.05, 0) is 41.5 Å². The Hall–Kier alpha value is -2.62. The summed E-state index contributed by atoms with van der Waals surface area (Å²) in [6.07, 6.45) is 2.60. The second kappa shape index (κ2) is 7.77. The van der Waals surface area contributed by atoms with E-state index in [9.17, 15) is 13.2 Å². The minimum absolute atomic E-state index is 0.352. The number of benzene rings is 2. The van der Waals surface area contributed by atoms with Crippen molar-refractivity contribution in [3.63, 3.8) is 0 Å². The van der Waals surface area contributed by atoms with Gasteiger partial charge in [0.2, 0.25) is 10.0 Å². The molecule has 1 N–H and O–H groups in total. The lowest BCUT2D eigenvalue weighted by atomic mass is 10.2. The Kier molecular flexibility index (Phi) is 5.74. The third-order valence-electron chi connectivity index (χ3n) is 2.97. The van der Waals surface area contributed by atoms with Crippen LogP contribution in [0.25, 0.3) is 6.08 Å². The van der Waals surface area contributed by atoms with Gasteiger partial charge in [-0.2, -0.15) is 5.26 Å². The number of rotatable bonds is 5. The van der Waals surface area contributed by atoms with Crippen LogP contribution in [0.3, 0.4) is 0 Å². The summed E-state index contributed by atoms with van der Waals surface area (Å²) in [5.41, 5.74) is 1.60. The molecular weight excluding hydrogens is 348 g/mol. The molecule has 1 amide bonds. The van der Waals surface area contributed by atoms with Crippen molar-refractivity contribution in [2.24, 2.45) is 0 Å². The lowest BCUT2D eigenvalue weighted by molar-refractivity contribution is -0.114. The maximum absolute atomic E-state index is 12.0. The second-order valence-corrected chi connectivity index (χ2v) is 7.08. The highest BCUT2D eigenvalue weighted by Gasteiger charge is 2.13. The predicted molar refractivity (Wildman–Crippen MR) is 92.4 cm³/mol. The van der Waals surface area contributed by atoms with Gasteiger partial charge in [0.05, 0.1) is 17.4 Å². The SMILES string of the molecule is N#Cc1ccc(CS(=O)(=O)NC(=O)/C=C/c2cccc(Cl)c2)cc1. The van der Waals surface area contributed by atoms with E-state index in [4.69, 9.17) is 16.9 Å². The minimum atomic E-state index is -3.83. The fourth-order valence-electron chi connectivity index (χ4n) is 1.90. The number of nitrogens with one attached hydrogen (secondary N) is 1. The number of nitriles is 1. The summed E-state index contributed by atoms with van der Waals surface area (Å²) in [6.45, 7) is 0. The molecule has 0 saturated carbocycles. The quantitative estimate of drug-likeness (QED) is 0.830. The van der Waals surface area contributed by atoms with Gasteiger partial charge in [0.1, 0.15) is 0 Å². The van der Waals surface area contributed by atoms with Crippen LogP contribution in [0, 0.1) is 11.3 Å². The third kappa shape index (κ3) is 5.54. The van der Waals surface area contributed by atoms with Gasteiger partial charge in [-0.25, -0.2) is 13.1 Å². The van der Waals surface area contributed by atoms with E-state index in [2.05, 4.69) is 0 Å². The van der Waals surface area contributed by atoms with E-state index in [0.717, 1.165) is 6.08 Å². The largest absolute Gasteiger partial charge is 0.269 e. The van der Waals surface area contributed by atoms with Crippen LogP contribution < -0.4 is 4.72 Å². The molecule has 0 aliphatic heterocycles. The van der Waals surface area contributed by atoms with E-state index in [0.29, 0.717) is 21.7 Å². The highest BCUT2D eigenvalue weighted by Crippen LogP contribution is 2.12. The van der Waals surface area contributed by atoms with Gasteiger partial charge in [0.15, 0.2) is 0 Å². The molecule has 2 rings (SSSR count). The molecule has 24 heavy (non-hydrogen) atoms. The summed E-state index contributed by atoms with van der Waals surface area (Å²) in [6, 6.07) is 14.9. The first-order valence-corrected chi connectivity index (χ1v) is 8.88. The molecule has 122 valence electrons. The Bertz CT molecular complexity index is 914. The van der Waals surface area contributed by atoms with Crippen molar-refractivity contribution in [1.29, 1.82) is 5.26 Å². The van der Waals surface area contributed by atoms with E-state index in [-0.39, 0.29) is 5.75 Å². The fourth-order valence-corrected chi connectivity index (χ4v) is 3.18. The van der Waals surface area contributed by atoms with Gasteiger partial charge in [0, 0.05) is 11.1 Å². The Morgan fingerprint density at radius 3 is 2.54 bits per heavy atom. The third-order valence-corrected chi connectivity index (χ3v) is 4.43. The average Bonchev–Trinajstić information content (AvgIpc) is 2.53. The number of nitrogens with zero attached hydrogens (tertiary/aromatic N) is 1. The lowest BCUT2D eigenvalue weighted by Crippen LogP contribution is -2.30. The molecule has 7 heteroatoms. The van der Waals surface area contributed by atoms with E-state index in [1.807, 2.05) is 10.8 Å². The molecule has 0 spiro atoms. The monoisotopic (exact) mass is 360 g/mol. The number of sulfonamides is 1. The summed E-state index contributed by atoms with van der Waals surface area (Å²) in [5, 5.41) is 9.23. The number of hydrogen-bond donors (Lipinski definition) is 1. The van der Waals surface area contributed by atoms with Crippen LogP contribution >= 0.6 is 11.6 Å². The molecule has 2 aromatic rings. The van der Waals surface area contributed by atoms with Gasteiger partial charge in [-0.3, -0.25) is 4.79 Å². The van der Waals surface area contributed by atoms with Crippen molar-refractivity contribution in [3.05, 3.63) is 76.3 Å². The zero-order chi connectivity index (χ0) is 17.6. The van der Waals surface area contributed by atoms with E-state index in [1.165, 1.54) is 30.3 Å². The standard InChI is InChI=1S/C17H13ClN2O3S/c18-16-3-1-2-13(10-16)8-9-17(21)20-24(22,23)12-15-6-4-14(11-19)5-7-15/h1-10H,12H2,(H,20,21)/b9-8+. The summed E-state index contributed by atoms with van der Waals surface area (Å²) < 4.78 is 25.9.